The monoisotopic (exact) mass is 180 g/mol. The van der Waals surface area contributed by atoms with Crippen LogP contribution in [0.15, 0.2) is 0 Å². The van der Waals surface area contributed by atoms with Crippen molar-refractivity contribution in [3.05, 3.63) is 0 Å². The fraction of sp³-hybridized carbons (Fsp3) is 1.00. The van der Waals surface area contributed by atoms with E-state index in [1.807, 2.05) is 0 Å². The van der Waals surface area contributed by atoms with Gasteiger partial charge in [-0.15, -0.1) is 0 Å². The van der Waals surface area contributed by atoms with Gasteiger partial charge < -0.3 is 0 Å². The van der Waals surface area contributed by atoms with Crippen LogP contribution in [0.25, 0.3) is 0 Å². The number of hydrogen-bond donors (Lipinski definition) is 0. The molecule has 0 saturated heterocycles. The average molecular weight is 179 g/mol. The summed E-state index contributed by atoms with van der Waals surface area (Å²) in [5.74, 6) is 0.833. The summed E-state index contributed by atoms with van der Waals surface area (Å²) < 4.78 is 0. The second kappa shape index (κ2) is 4.80. The molecule has 1 heteroatoms. The Morgan fingerprint density at radius 3 is 1.00 bits per heavy atom. The molecule has 0 unspecified atom stereocenters. The van der Waals surface area contributed by atoms with Crippen molar-refractivity contribution in [2.24, 2.45) is 5.92 Å². The van der Waals surface area contributed by atoms with Crippen molar-refractivity contribution in [2.75, 3.05) is 0 Å². The molecule has 0 rings (SSSR count). The van der Waals surface area contributed by atoms with Crippen LogP contribution in [-0.2, 0) is 0 Å². The second-order valence-corrected chi connectivity index (χ2v) is 1.73. The van der Waals surface area contributed by atoms with Crippen LogP contribution in [0.5, 0.6) is 0 Å². The third-order valence-electron chi connectivity index (χ3n) is 0. The van der Waals surface area contributed by atoms with Gasteiger partial charge in [-0.2, -0.15) is 0 Å². The fourth-order valence-electron chi connectivity index (χ4n) is 0. The molecule has 2 radical (unpaired) electrons. The minimum absolute atomic E-state index is 0. The van der Waals surface area contributed by atoms with Crippen LogP contribution >= 0.6 is 0 Å². The normalized spacial score (nSPS) is 7.20. The molecule has 0 aliphatic heterocycles. The van der Waals surface area contributed by atoms with Crippen LogP contribution in [0.2, 0.25) is 0 Å². The third kappa shape index (κ3) is 58.9. The number of rotatable bonds is 0. The molecule has 5 heavy (non-hydrogen) atoms. The van der Waals surface area contributed by atoms with E-state index in [-0.39, 0.29) is 23.9 Å². The van der Waals surface area contributed by atoms with Crippen LogP contribution < -0.4 is 0 Å². The molecule has 0 spiro atoms. The molecule has 0 aromatic carbocycles. The summed E-state index contributed by atoms with van der Waals surface area (Å²) >= 11 is 0. The van der Waals surface area contributed by atoms with Crippen molar-refractivity contribution in [1.29, 1.82) is 0 Å². The molecular weight excluding hydrogens is 167 g/mol. The van der Waals surface area contributed by atoms with E-state index in [1.54, 1.807) is 0 Å². The maximum absolute atomic E-state index is 2.17. The Labute approximate surface area is 50.9 Å². The average Bonchev–Trinajstić information content (AvgIpc) is 0.811. The van der Waals surface area contributed by atoms with Crippen molar-refractivity contribution in [1.82, 2.24) is 0 Å². The van der Waals surface area contributed by atoms with Gasteiger partial charge in [0.15, 0.2) is 0 Å². The van der Waals surface area contributed by atoms with Gasteiger partial charge in [-0.05, 0) is 5.92 Å². The van der Waals surface area contributed by atoms with Crippen molar-refractivity contribution in [2.45, 2.75) is 20.8 Å². The van der Waals surface area contributed by atoms with Gasteiger partial charge in [-0.3, -0.25) is 0 Å². The molecule has 0 atom stereocenters. The fourth-order valence-corrected chi connectivity index (χ4v) is 0. The van der Waals surface area contributed by atoms with E-state index < -0.39 is 0 Å². The minimum atomic E-state index is 0. The van der Waals surface area contributed by atoms with Gasteiger partial charge in [-0.1, -0.05) is 20.8 Å². The van der Waals surface area contributed by atoms with E-state index in [4.69, 9.17) is 0 Å². The SMILES string of the molecule is CC(C)C.[SnH2]. The van der Waals surface area contributed by atoms with E-state index in [0.717, 1.165) is 5.92 Å². The zero-order valence-electron chi connectivity index (χ0n) is 4.28. The Bertz CT molecular complexity index is 8.36. The predicted molar refractivity (Wildman–Crippen MR) is 29.1 cm³/mol. The van der Waals surface area contributed by atoms with Crippen molar-refractivity contribution in [3.63, 3.8) is 0 Å². The molecule has 0 heterocycles. The molecule has 0 aromatic rings. The van der Waals surface area contributed by atoms with Gasteiger partial charge in [0, 0.05) is 0 Å². The molecule has 32 valence electrons. The molecular formula is C4H12Sn. The Morgan fingerprint density at radius 2 is 1.00 bits per heavy atom. The van der Waals surface area contributed by atoms with Crippen molar-refractivity contribution >= 4 is 23.9 Å². The third-order valence-corrected chi connectivity index (χ3v) is 0. The summed E-state index contributed by atoms with van der Waals surface area (Å²) in [5, 5.41) is 0. The predicted octanol–water partition coefficient (Wildman–Crippen LogP) is 0.746. The standard InChI is InChI=1S/C4H10.Sn.2H/c1-4(2)3;;;/h4H,1-3H3;;;. The summed E-state index contributed by atoms with van der Waals surface area (Å²) in [7, 11) is 0. The van der Waals surface area contributed by atoms with E-state index in [0.29, 0.717) is 0 Å². The Hall–Kier alpha value is 0.799. The molecule has 0 saturated carbocycles. The van der Waals surface area contributed by atoms with Gasteiger partial charge in [0.1, 0.15) is 0 Å². The Morgan fingerprint density at radius 1 is 1.00 bits per heavy atom. The first kappa shape index (κ1) is 9.25. The molecule has 0 N–H and O–H groups in total. The summed E-state index contributed by atoms with van der Waals surface area (Å²) in [5.41, 5.74) is 0. The summed E-state index contributed by atoms with van der Waals surface area (Å²) in [6.07, 6.45) is 0. The van der Waals surface area contributed by atoms with E-state index in [1.165, 1.54) is 0 Å². The summed E-state index contributed by atoms with van der Waals surface area (Å²) in [6, 6.07) is 0. The van der Waals surface area contributed by atoms with E-state index >= 15 is 0 Å². The maximum atomic E-state index is 2.17. The molecule has 0 amide bonds. The first-order valence-corrected chi connectivity index (χ1v) is 1.73. The zero-order valence-corrected chi connectivity index (χ0v) is 8.32. The molecule has 0 aromatic heterocycles. The van der Waals surface area contributed by atoms with Crippen LogP contribution in [0.1, 0.15) is 20.8 Å². The van der Waals surface area contributed by atoms with Crippen LogP contribution in [0.3, 0.4) is 0 Å². The summed E-state index contributed by atoms with van der Waals surface area (Å²) in [6.45, 7) is 6.50. The molecule has 0 fully saturated rings. The van der Waals surface area contributed by atoms with E-state index in [9.17, 15) is 0 Å². The molecule has 0 aliphatic carbocycles. The van der Waals surface area contributed by atoms with Gasteiger partial charge in [0.05, 0.1) is 0 Å². The second-order valence-electron chi connectivity index (χ2n) is 1.73. The molecule has 0 bridgehead atoms. The zero-order chi connectivity index (χ0) is 3.58. The van der Waals surface area contributed by atoms with Crippen molar-refractivity contribution < 1.29 is 0 Å². The topological polar surface area (TPSA) is 0 Å². The van der Waals surface area contributed by atoms with Crippen LogP contribution in [0, 0.1) is 5.92 Å². The van der Waals surface area contributed by atoms with Crippen LogP contribution in [0.4, 0.5) is 0 Å². The first-order valence-electron chi connectivity index (χ1n) is 1.73. The first-order chi connectivity index (χ1) is 1.73. The van der Waals surface area contributed by atoms with Crippen LogP contribution in [-0.4, -0.2) is 23.9 Å². The van der Waals surface area contributed by atoms with E-state index in [2.05, 4.69) is 20.8 Å². The molecule has 0 aliphatic rings. The Kier molecular flexibility index (Phi) is 8.88. The quantitative estimate of drug-likeness (QED) is 0.481. The van der Waals surface area contributed by atoms with Gasteiger partial charge in [0.2, 0.25) is 0 Å². The summed E-state index contributed by atoms with van der Waals surface area (Å²) in [4.78, 5) is 0. The number of hydrogen-bond acceptors (Lipinski definition) is 0. The van der Waals surface area contributed by atoms with Gasteiger partial charge >= 0.3 is 23.9 Å². The molecule has 0 nitrogen and oxygen atoms in total. The van der Waals surface area contributed by atoms with Gasteiger partial charge in [-0.25, -0.2) is 0 Å². The van der Waals surface area contributed by atoms with Gasteiger partial charge in [0.25, 0.3) is 0 Å². The van der Waals surface area contributed by atoms with Crippen molar-refractivity contribution in [3.8, 4) is 0 Å². The Balaban J connectivity index is 0.